The van der Waals surface area contributed by atoms with Crippen LogP contribution in [0.3, 0.4) is 0 Å². The molecule has 2 heterocycles. The van der Waals surface area contributed by atoms with Gasteiger partial charge in [0, 0.05) is 23.3 Å². The standard InChI is InChI=1S/C17H13N3O2/c1-20-13-9-5-3-7-11(13)15(19-22)16(20)14-10-6-2-4-8-12(10)18-17(14)21/h2-9,18,21H,1H3. The molecule has 22 heavy (non-hydrogen) atoms. The van der Waals surface area contributed by atoms with E-state index in [4.69, 9.17) is 0 Å². The zero-order valence-corrected chi connectivity index (χ0v) is 11.9. The summed E-state index contributed by atoms with van der Waals surface area (Å²) in [6.07, 6.45) is 0. The molecule has 0 aliphatic heterocycles. The second-order valence-electron chi connectivity index (χ2n) is 5.26. The lowest BCUT2D eigenvalue weighted by Gasteiger charge is -2.04. The predicted octanol–water partition coefficient (Wildman–Crippen LogP) is 4.43. The third kappa shape index (κ3) is 1.53. The van der Waals surface area contributed by atoms with E-state index in [1.165, 1.54) is 0 Å². The van der Waals surface area contributed by atoms with Gasteiger partial charge in [0.2, 0.25) is 0 Å². The Kier molecular flexibility index (Phi) is 2.56. The minimum atomic E-state index is 0.0389. The van der Waals surface area contributed by atoms with E-state index >= 15 is 0 Å². The molecule has 4 aromatic rings. The summed E-state index contributed by atoms with van der Waals surface area (Å²) < 4.78 is 1.89. The summed E-state index contributed by atoms with van der Waals surface area (Å²) >= 11 is 0. The molecule has 0 aliphatic rings. The fourth-order valence-electron chi connectivity index (χ4n) is 3.12. The maximum absolute atomic E-state index is 11.4. The van der Waals surface area contributed by atoms with Crippen molar-refractivity contribution in [2.45, 2.75) is 0 Å². The van der Waals surface area contributed by atoms with Crippen LogP contribution in [0.25, 0.3) is 33.1 Å². The molecule has 2 N–H and O–H groups in total. The molecular weight excluding hydrogens is 278 g/mol. The first-order valence-corrected chi connectivity index (χ1v) is 6.93. The number of nitroso groups, excluding NO2 is 1. The van der Waals surface area contributed by atoms with Crippen LogP contribution in [0, 0.1) is 4.91 Å². The van der Waals surface area contributed by atoms with Crippen molar-refractivity contribution in [2.24, 2.45) is 12.2 Å². The fraction of sp³-hybridized carbons (Fsp3) is 0.0588. The number of para-hydroxylation sites is 2. The van der Waals surface area contributed by atoms with Crippen molar-refractivity contribution >= 4 is 27.5 Å². The van der Waals surface area contributed by atoms with E-state index in [2.05, 4.69) is 10.2 Å². The summed E-state index contributed by atoms with van der Waals surface area (Å²) in [4.78, 5) is 14.4. The number of rotatable bonds is 2. The second kappa shape index (κ2) is 4.46. The van der Waals surface area contributed by atoms with Gasteiger partial charge in [-0.05, 0) is 17.3 Å². The van der Waals surface area contributed by atoms with E-state index < -0.39 is 0 Å². The number of hydrogen-bond acceptors (Lipinski definition) is 3. The van der Waals surface area contributed by atoms with Crippen LogP contribution in [-0.2, 0) is 7.05 Å². The zero-order valence-electron chi connectivity index (χ0n) is 11.9. The van der Waals surface area contributed by atoms with Crippen molar-refractivity contribution in [1.29, 1.82) is 0 Å². The van der Waals surface area contributed by atoms with E-state index in [0.29, 0.717) is 16.9 Å². The number of hydrogen-bond donors (Lipinski definition) is 2. The molecule has 0 unspecified atom stereocenters. The van der Waals surface area contributed by atoms with Crippen LogP contribution >= 0.6 is 0 Å². The molecule has 0 bridgehead atoms. The Hall–Kier alpha value is -3.08. The molecule has 0 fully saturated rings. The molecule has 5 nitrogen and oxygen atoms in total. The van der Waals surface area contributed by atoms with Crippen molar-refractivity contribution in [3.05, 3.63) is 53.4 Å². The topological polar surface area (TPSA) is 70.4 Å². The van der Waals surface area contributed by atoms with Crippen molar-refractivity contribution in [2.75, 3.05) is 0 Å². The average molecular weight is 291 g/mol. The van der Waals surface area contributed by atoms with Gasteiger partial charge in [-0.3, -0.25) is 0 Å². The third-order valence-electron chi connectivity index (χ3n) is 4.09. The first-order chi connectivity index (χ1) is 10.7. The normalized spacial score (nSPS) is 11.3. The Morgan fingerprint density at radius 2 is 1.73 bits per heavy atom. The van der Waals surface area contributed by atoms with E-state index in [0.717, 1.165) is 21.8 Å². The number of aromatic nitrogens is 2. The third-order valence-corrected chi connectivity index (χ3v) is 4.09. The van der Waals surface area contributed by atoms with Crippen LogP contribution in [0.1, 0.15) is 0 Å². The molecule has 0 amide bonds. The molecule has 0 spiro atoms. The van der Waals surface area contributed by atoms with Gasteiger partial charge >= 0.3 is 0 Å². The number of nitrogens with one attached hydrogen (secondary N) is 1. The predicted molar refractivity (Wildman–Crippen MR) is 87.3 cm³/mol. The van der Waals surface area contributed by atoms with Gasteiger partial charge in [-0.2, -0.15) is 0 Å². The van der Waals surface area contributed by atoms with E-state index in [-0.39, 0.29) is 5.88 Å². The first-order valence-electron chi connectivity index (χ1n) is 6.93. The number of aryl methyl sites for hydroxylation is 1. The number of aromatic amines is 1. The van der Waals surface area contributed by atoms with Gasteiger partial charge in [-0.25, -0.2) is 0 Å². The summed E-state index contributed by atoms with van der Waals surface area (Å²) in [6.45, 7) is 0. The van der Waals surface area contributed by atoms with Crippen molar-refractivity contribution in [3.63, 3.8) is 0 Å². The summed E-state index contributed by atoms with van der Waals surface area (Å²) in [6, 6.07) is 15.2. The van der Waals surface area contributed by atoms with Gasteiger partial charge in [0.05, 0.1) is 16.8 Å². The van der Waals surface area contributed by atoms with Gasteiger partial charge in [-0.1, -0.05) is 36.4 Å². The van der Waals surface area contributed by atoms with Crippen LogP contribution in [0.15, 0.2) is 53.7 Å². The number of aromatic hydroxyl groups is 1. The Labute approximate surface area is 125 Å². The molecule has 2 aromatic carbocycles. The Bertz CT molecular complexity index is 1030. The van der Waals surface area contributed by atoms with Crippen molar-refractivity contribution in [1.82, 2.24) is 9.55 Å². The summed E-state index contributed by atoms with van der Waals surface area (Å²) in [5, 5.41) is 15.2. The second-order valence-corrected chi connectivity index (χ2v) is 5.26. The van der Waals surface area contributed by atoms with Gasteiger partial charge < -0.3 is 14.7 Å². The van der Waals surface area contributed by atoms with E-state index in [9.17, 15) is 10.0 Å². The molecule has 5 heteroatoms. The minimum absolute atomic E-state index is 0.0389. The highest BCUT2D eigenvalue weighted by Crippen LogP contribution is 2.45. The van der Waals surface area contributed by atoms with Gasteiger partial charge in [-0.15, -0.1) is 4.91 Å². The SMILES string of the molecule is Cn1c(-c2c(O)[nH]c3ccccc23)c(N=O)c2ccccc21. The molecule has 2 aromatic heterocycles. The molecule has 4 rings (SSSR count). The lowest BCUT2D eigenvalue weighted by Crippen LogP contribution is -1.91. The summed E-state index contributed by atoms with van der Waals surface area (Å²) in [5.41, 5.74) is 3.28. The van der Waals surface area contributed by atoms with Crippen molar-refractivity contribution < 1.29 is 5.11 Å². The molecular formula is C17H13N3O2. The average Bonchev–Trinajstić information content (AvgIpc) is 3.01. The fourth-order valence-corrected chi connectivity index (χ4v) is 3.12. The van der Waals surface area contributed by atoms with Crippen LogP contribution in [0.2, 0.25) is 0 Å². The van der Waals surface area contributed by atoms with Crippen LogP contribution in [-0.4, -0.2) is 14.7 Å². The number of H-pyrrole nitrogens is 1. The molecule has 0 atom stereocenters. The highest BCUT2D eigenvalue weighted by atomic mass is 16.3. The Balaban J connectivity index is 2.19. The molecule has 108 valence electrons. The minimum Gasteiger partial charge on any atom is -0.494 e. The Morgan fingerprint density at radius 3 is 2.50 bits per heavy atom. The van der Waals surface area contributed by atoms with Crippen LogP contribution in [0.4, 0.5) is 5.69 Å². The lowest BCUT2D eigenvalue weighted by molar-refractivity contribution is 0.460. The number of nitrogens with zero attached hydrogens (tertiary/aromatic N) is 2. The molecule has 0 radical (unpaired) electrons. The maximum Gasteiger partial charge on any atom is 0.199 e. The summed E-state index contributed by atoms with van der Waals surface area (Å²) in [5.74, 6) is 0.0389. The summed E-state index contributed by atoms with van der Waals surface area (Å²) in [7, 11) is 1.87. The molecule has 0 saturated carbocycles. The van der Waals surface area contributed by atoms with Gasteiger partial charge in [0.25, 0.3) is 0 Å². The van der Waals surface area contributed by atoms with E-state index in [1.807, 2.05) is 60.1 Å². The molecule has 0 aliphatic carbocycles. The lowest BCUT2D eigenvalue weighted by atomic mass is 10.1. The maximum atomic E-state index is 11.4. The van der Waals surface area contributed by atoms with Crippen molar-refractivity contribution in [3.8, 4) is 17.1 Å². The largest absolute Gasteiger partial charge is 0.494 e. The van der Waals surface area contributed by atoms with Crippen LogP contribution in [0.5, 0.6) is 5.88 Å². The first kappa shape index (κ1) is 12.6. The zero-order chi connectivity index (χ0) is 15.3. The highest BCUT2D eigenvalue weighted by Gasteiger charge is 2.23. The molecule has 0 saturated heterocycles. The number of benzene rings is 2. The highest BCUT2D eigenvalue weighted by molar-refractivity contribution is 6.07. The van der Waals surface area contributed by atoms with Gasteiger partial charge in [0.15, 0.2) is 5.88 Å². The number of fused-ring (bicyclic) bond motifs is 2. The van der Waals surface area contributed by atoms with Gasteiger partial charge in [0.1, 0.15) is 5.69 Å². The quantitative estimate of drug-likeness (QED) is 0.536. The Morgan fingerprint density at radius 1 is 1.05 bits per heavy atom. The van der Waals surface area contributed by atoms with Crippen LogP contribution < -0.4 is 0 Å². The van der Waals surface area contributed by atoms with E-state index in [1.54, 1.807) is 0 Å². The monoisotopic (exact) mass is 291 g/mol. The smallest absolute Gasteiger partial charge is 0.199 e.